The van der Waals surface area contributed by atoms with E-state index in [0.717, 1.165) is 31.1 Å². The first-order valence-electron chi connectivity index (χ1n) is 9.49. The molecule has 0 aromatic carbocycles. The van der Waals surface area contributed by atoms with Gasteiger partial charge in [-0.2, -0.15) is 0 Å². The highest BCUT2D eigenvalue weighted by molar-refractivity contribution is 5.69. The molecule has 0 spiro atoms. The van der Waals surface area contributed by atoms with E-state index < -0.39 is 0 Å². The quantitative estimate of drug-likeness (QED) is 0.448. The van der Waals surface area contributed by atoms with Crippen molar-refractivity contribution in [2.75, 3.05) is 0 Å². The van der Waals surface area contributed by atoms with Crippen molar-refractivity contribution in [3.63, 3.8) is 0 Å². The van der Waals surface area contributed by atoms with Crippen molar-refractivity contribution in [2.45, 2.75) is 103 Å². The molecule has 2 aliphatic rings. The van der Waals surface area contributed by atoms with E-state index in [2.05, 4.69) is 6.92 Å². The molecule has 0 aliphatic heterocycles. The molecule has 0 unspecified atom stereocenters. The third-order valence-electron chi connectivity index (χ3n) is 5.57. The van der Waals surface area contributed by atoms with Crippen LogP contribution in [0.25, 0.3) is 0 Å². The van der Waals surface area contributed by atoms with Crippen molar-refractivity contribution in [3.05, 3.63) is 0 Å². The van der Waals surface area contributed by atoms with Crippen LogP contribution >= 0.6 is 0 Å². The Kier molecular flexibility index (Phi) is 7.60. The fraction of sp³-hybridized carbons (Fsp3) is 0.947. The van der Waals surface area contributed by atoms with E-state index in [1.807, 2.05) is 0 Å². The van der Waals surface area contributed by atoms with Gasteiger partial charge in [0.05, 0.1) is 0 Å². The molecule has 2 heteroatoms. The second-order valence-corrected chi connectivity index (χ2v) is 7.24. The van der Waals surface area contributed by atoms with E-state index in [1.165, 1.54) is 64.2 Å². The van der Waals surface area contributed by atoms with Crippen LogP contribution in [-0.4, -0.2) is 12.1 Å². The van der Waals surface area contributed by atoms with Gasteiger partial charge >= 0.3 is 5.97 Å². The Morgan fingerprint density at radius 1 is 0.857 bits per heavy atom. The highest BCUT2D eigenvalue weighted by Crippen LogP contribution is 2.38. The number of hydrogen-bond donors (Lipinski definition) is 0. The summed E-state index contributed by atoms with van der Waals surface area (Å²) in [5.41, 5.74) is 0. The maximum Gasteiger partial charge on any atom is 0.306 e. The zero-order chi connectivity index (χ0) is 14.9. The first kappa shape index (κ1) is 16.8. The van der Waals surface area contributed by atoms with Crippen LogP contribution in [0.3, 0.4) is 0 Å². The van der Waals surface area contributed by atoms with Gasteiger partial charge in [0.15, 0.2) is 0 Å². The maximum atomic E-state index is 11.8. The van der Waals surface area contributed by atoms with Crippen LogP contribution in [-0.2, 0) is 9.53 Å². The topological polar surface area (TPSA) is 26.3 Å². The third-order valence-corrected chi connectivity index (χ3v) is 5.57. The molecule has 21 heavy (non-hydrogen) atoms. The fourth-order valence-electron chi connectivity index (χ4n) is 4.22. The number of rotatable bonds is 7. The van der Waals surface area contributed by atoms with Crippen LogP contribution < -0.4 is 0 Å². The molecule has 122 valence electrons. The monoisotopic (exact) mass is 294 g/mol. The molecule has 0 aromatic rings. The second-order valence-electron chi connectivity index (χ2n) is 7.24. The zero-order valence-corrected chi connectivity index (χ0v) is 13.9. The van der Waals surface area contributed by atoms with E-state index in [1.54, 1.807) is 0 Å². The van der Waals surface area contributed by atoms with E-state index in [-0.39, 0.29) is 12.1 Å². The van der Waals surface area contributed by atoms with Gasteiger partial charge in [0.1, 0.15) is 6.10 Å². The van der Waals surface area contributed by atoms with Crippen LogP contribution in [0, 0.1) is 11.8 Å². The lowest BCUT2D eigenvalue weighted by atomic mass is 9.73. The molecule has 2 rings (SSSR count). The van der Waals surface area contributed by atoms with E-state index in [9.17, 15) is 4.79 Å². The van der Waals surface area contributed by atoms with Gasteiger partial charge < -0.3 is 4.74 Å². The Morgan fingerprint density at radius 3 is 2.19 bits per heavy atom. The van der Waals surface area contributed by atoms with Crippen molar-refractivity contribution in [1.82, 2.24) is 0 Å². The third kappa shape index (κ3) is 6.00. The Bertz CT molecular complexity index is 286. The highest BCUT2D eigenvalue weighted by Gasteiger charge is 2.29. The lowest BCUT2D eigenvalue weighted by Crippen LogP contribution is -2.28. The molecule has 0 N–H and O–H groups in total. The van der Waals surface area contributed by atoms with Gasteiger partial charge in [-0.05, 0) is 43.9 Å². The molecule has 0 heterocycles. The summed E-state index contributed by atoms with van der Waals surface area (Å²) in [6.07, 6.45) is 17.5. The van der Waals surface area contributed by atoms with E-state index in [0.29, 0.717) is 6.42 Å². The molecule has 2 nitrogen and oxygen atoms in total. The number of unbranched alkanes of at least 4 members (excludes halogenated alkanes) is 3. The molecule has 0 bridgehead atoms. The molecular formula is C19H34O2. The van der Waals surface area contributed by atoms with Gasteiger partial charge in [-0.1, -0.05) is 58.3 Å². The van der Waals surface area contributed by atoms with Crippen molar-refractivity contribution in [2.24, 2.45) is 11.8 Å². The molecule has 2 fully saturated rings. The summed E-state index contributed by atoms with van der Waals surface area (Å²) >= 11 is 0. The van der Waals surface area contributed by atoms with Crippen molar-refractivity contribution < 1.29 is 9.53 Å². The molecule has 2 aliphatic carbocycles. The van der Waals surface area contributed by atoms with Crippen LogP contribution in [0.2, 0.25) is 0 Å². The number of hydrogen-bond acceptors (Lipinski definition) is 2. The Balaban J connectivity index is 1.58. The average molecular weight is 294 g/mol. The van der Waals surface area contributed by atoms with Gasteiger partial charge in [-0.3, -0.25) is 4.79 Å². The first-order valence-corrected chi connectivity index (χ1v) is 9.49. The molecule has 0 atom stereocenters. The molecule has 0 amide bonds. The summed E-state index contributed by atoms with van der Waals surface area (Å²) in [5, 5.41) is 0. The molecule has 0 saturated heterocycles. The first-order chi connectivity index (χ1) is 10.3. The van der Waals surface area contributed by atoms with Crippen molar-refractivity contribution in [3.8, 4) is 0 Å². The highest BCUT2D eigenvalue weighted by atomic mass is 16.5. The molecule has 0 aromatic heterocycles. The summed E-state index contributed by atoms with van der Waals surface area (Å²) in [7, 11) is 0. The standard InChI is InChI=1S/C19H34O2/c1-2-3-4-8-11-19(20)21-18-14-12-17(13-15-18)16-9-6-5-7-10-16/h16-18H,2-15H2,1H3. The second kappa shape index (κ2) is 9.48. The van der Waals surface area contributed by atoms with Crippen molar-refractivity contribution >= 4 is 5.97 Å². The molecular weight excluding hydrogens is 260 g/mol. The lowest BCUT2D eigenvalue weighted by molar-refractivity contribution is -0.151. The van der Waals surface area contributed by atoms with Crippen LogP contribution in [0.15, 0.2) is 0 Å². The Hall–Kier alpha value is -0.530. The normalized spacial score (nSPS) is 27.5. The van der Waals surface area contributed by atoms with Gasteiger partial charge in [0.2, 0.25) is 0 Å². The van der Waals surface area contributed by atoms with E-state index in [4.69, 9.17) is 4.74 Å². The molecule has 2 saturated carbocycles. The smallest absolute Gasteiger partial charge is 0.306 e. The van der Waals surface area contributed by atoms with Gasteiger partial charge in [0, 0.05) is 6.42 Å². The van der Waals surface area contributed by atoms with Gasteiger partial charge in [0.25, 0.3) is 0 Å². The van der Waals surface area contributed by atoms with Crippen LogP contribution in [0.4, 0.5) is 0 Å². The largest absolute Gasteiger partial charge is 0.462 e. The predicted molar refractivity (Wildman–Crippen MR) is 87.2 cm³/mol. The summed E-state index contributed by atoms with van der Waals surface area (Å²) in [4.78, 5) is 11.8. The van der Waals surface area contributed by atoms with E-state index >= 15 is 0 Å². The minimum absolute atomic E-state index is 0.0484. The summed E-state index contributed by atoms with van der Waals surface area (Å²) in [5.74, 6) is 1.95. The fourth-order valence-corrected chi connectivity index (χ4v) is 4.22. The predicted octanol–water partition coefficient (Wildman–Crippen LogP) is 5.64. The van der Waals surface area contributed by atoms with Gasteiger partial charge in [-0.15, -0.1) is 0 Å². The summed E-state index contributed by atoms with van der Waals surface area (Å²) in [6.45, 7) is 2.20. The number of ether oxygens (including phenoxy) is 1. The number of esters is 1. The maximum absolute atomic E-state index is 11.8. The SMILES string of the molecule is CCCCCCC(=O)OC1CCC(C2CCCCC2)CC1. The lowest BCUT2D eigenvalue weighted by Gasteiger charge is -2.35. The zero-order valence-electron chi connectivity index (χ0n) is 13.9. The van der Waals surface area contributed by atoms with Gasteiger partial charge in [-0.25, -0.2) is 0 Å². The summed E-state index contributed by atoms with van der Waals surface area (Å²) in [6, 6.07) is 0. The Morgan fingerprint density at radius 2 is 1.52 bits per heavy atom. The van der Waals surface area contributed by atoms with Crippen LogP contribution in [0.1, 0.15) is 96.8 Å². The number of carbonyl (C=O) groups excluding carboxylic acids is 1. The summed E-state index contributed by atoms with van der Waals surface area (Å²) < 4.78 is 5.67. The van der Waals surface area contributed by atoms with Crippen LogP contribution in [0.5, 0.6) is 0 Å². The number of carbonyl (C=O) groups is 1. The molecule has 0 radical (unpaired) electrons. The average Bonchev–Trinajstić information content (AvgIpc) is 2.53. The minimum Gasteiger partial charge on any atom is -0.462 e. The minimum atomic E-state index is 0.0484. The van der Waals surface area contributed by atoms with Crippen molar-refractivity contribution in [1.29, 1.82) is 0 Å². The Labute approximate surface area is 131 Å².